The van der Waals surface area contributed by atoms with Gasteiger partial charge in [0, 0.05) is 37.9 Å². The van der Waals surface area contributed by atoms with E-state index in [1.165, 1.54) is 26.2 Å². The summed E-state index contributed by atoms with van der Waals surface area (Å²) in [4.78, 5) is 16.9. The van der Waals surface area contributed by atoms with Crippen molar-refractivity contribution in [3.05, 3.63) is 65.9 Å². The van der Waals surface area contributed by atoms with Crippen molar-refractivity contribution in [3.8, 4) is 5.75 Å². The van der Waals surface area contributed by atoms with Crippen molar-refractivity contribution < 1.29 is 19.0 Å². The van der Waals surface area contributed by atoms with Crippen molar-refractivity contribution in [2.24, 2.45) is 0 Å². The van der Waals surface area contributed by atoms with Gasteiger partial charge in [0.15, 0.2) is 0 Å². The molecule has 0 atom stereocenters. The third-order valence-corrected chi connectivity index (χ3v) is 5.03. The molecule has 0 amide bonds. The van der Waals surface area contributed by atoms with Gasteiger partial charge in [0.25, 0.3) is 0 Å². The molecule has 1 fully saturated rings. The van der Waals surface area contributed by atoms with E-state index in [9.17, 15) is 4.79 Å². The van der Waals surface area contributed by atoms with Crippen LogP contribution >= 0.6 is 0 Å². The Balaban J connectivity index is 1.75. The highest BCUT2D eigenvalue weighted by atomic mass is 16.5. The van der Waals surface area contributed by atoms with Crippen LogP contribution in [0.3, 0.4) is 0 Å². The Morgan fingerprint density at radius 2 is 1.79 bits per heavy atom. The second kappa shape index (κ2) is 9.98. The highest BCUT2D eigenvalue weighted by Gasteiger charge is 2.17. The molecular weight excluding hydrogens is 368 g/mol. The van der Waals surface area contributed by atoms with Crippen LogP contribution in [0.1, 0.15) is 11.1 Å². The monoisotopic (exact) mass is 396 g/mol. The smallest absolute Gasteiger partial charge is 0.341 e. The van der Waals surface area contributed by atoms with Crippen LogP contribution in [0.5, 0.6) is 5.75 Å². The van der Waals surface area contributed by atoms with E-state index in [1.807, 2.05) is 36.4 Å². The molecule has 29 heavy (non-hydrogen) atoms. The second-order valence-electron chi connectivity index (χ2n) is 6.99. The molecule has 0 saturated carbocycles. The van der Waals surface area contributed by atoms with E-state index in [4.69, 9.17) is 14.2 Å². The SMILES string of the molecule is CO/C=C(/C(=O)OC)c1ccccc1COc1cccc(N2CCN(C)CC2)c1. The molecule has 0 N–H and O–H groups in total. The molecule has 0 bridgehead atoms. The summed E-state index contributed by atoms with van der Waals surface area (Å²) < 4.78 is 16.0. The lowest BCUT2D eigenvalue weighted by Crippen LogP contribution is -2.44. The summed E-state index contributed by atoms with van der Waals surface area (Å²) in [6.45, 7) is 4.46. The first kappa shape index (κ1) is 20.7. The van der Waals surface area contributed by atoms with E-state index in [0.29, 0.717) is 12.2 Å². The molecule has 0 aliphatic carbocycles. The van der Waals surface area contributed by atoms with E-state index in [1.54, 1.807) is 0 Å². The van der Waals surface area contributed by atoms with Crippen molar-refractivity contribution in [2.75, 3.05) is 52.3 Å². The fourth-order valence-corrected chi connectivity index (χ4v) is 3.35. The van der Waals surface area contributed by atoms with Crippen LogP contribution in [0.2, 0.25) is 0 Å². The first-order valence-corrected chi connectivity index (χ1v) is 9.68. The second-order valence-corrected chi connectivity index (χ2v) is 6.99. The number of carbonyl (C=O) groups excluding carboxylic acids is 1. The quantitative estimate of drug-likeness (QED) is 0.407. The molecule has 0 aromatic heterocycles. The maximum absolute atomic E-state index is 12.2. The topological polar surface area (TPSA) is 51.2 Å². The van der Waals surface area contributed by atoms with Gasteiger partial charge in [-0.3, -0.25) is 0 Å². The van der Waals surface area contributed by atoms with E-state index in [0.717, 1.165) is 43.1 Å². The first-order valence-electron chi connectivity index (χ1n) is 9.68. The van der Waals surface area contributed by atoms with E-state index < -0.39 is 5.97 Å². The van der Waals surface area contributed by atoms with Gasteiger partial charge in [0.1, 0.15) is 17.9 Å². The summed E-state index contributed by atoms with van der Waals surface area (Å²) in [5.41, 5.74) is 3.14. The predicted octanol–water partition coefficient (Wildman–Crippen LogP) is 3.18. The summed E-state index contributed by atoms with van der Waals surface area (Å²) in [6.07, 6.45) is 1.40. The minimum absolute atomic E-state index is 0.334. The summed E-state index contributed by atoms with van der Waals surface area (Å²) in [5, 5.41) is 0. The zero-order valence-corrected chi connectivity index (χ0v) is 17.3. The number of benzene rings is 2. The highest BCUT2D eigenvalue weighted by Crippen LogP contribution is 2.25. The van der Waals surface area contributed by atoms with Crippen LogP contribution in [0.4, 0.5) is 5.69 Å². The molecule has 0 unspecified atom stereocenters. The van der Waals surface area contributed by atoms with Gasteiger partial charge < -0.3 is 24.0 Å². The number of likely N-dealkylation sites (N-methyl/N-ethyl adjacent to an activating group) is 1. The summed E-state index contributed by atoms with van der Waals surface area (Å²) >= 11 is 0. The van der Waals surface area contributed by atoms with Crippen molar-refractivity contribution in [2.45, 2.75) is 6.61 Å². The number of hydrogen-bond acceptors (Lipinski definition) is 6. The lowest BCUT2D eigenvalue weighted by atomic mass is 10.0. The Labute approximate surface area is 172 Å². The largest absolute Gasteiger partial charge is 0.503 e. The molecule has 1 aliphatic heterocycles. The first-order chi connectivity index (χ1) is 14.1. The lowest BCUT2D eigenvalue weighted by molar-refractivity contribution is -0.133. The summed E-state index contributed by atoms with van der Waals surface area (Å²) in [7, 11) is 5.01. The van der Waals surface area contributed by atoms with Crippen molar-refractivity contribution in [1.29, 1.82) is 0 Å². The number of nitrogens with zero attached hydrogens (tertiary/aromatic N) is 2. The Bertz CT molecular complexity index is 857. The standard InChI is InChI=1S/C23H28N2O4/c1-24-11-13-25(14-12-24)19-8-6-9-20(15-19)29-16-18-7-4-5-10-21(18)22(17-27-2)23(26)28-3/h4-10,15,17H,11-14,16H2,1-3H3/b22-17+. The normalized spacial score (nSPS) is 15.1. The molecule has 6 heteroatoms. The van der Waals surface area contributed by atoms with Crippen molar-refractivity contribution >= 4 is 17.2 Å². The van der Waals surface area contributed by atoms with Gasteiger partial charge in [0.05, 0.1) is 20.5 Å². The zero-order chi connectivity index (χ0) is 20.6. The molecule has 3 rings (SSSR count). The molecule has 6 nitrogen and oxygen atoms in total. The Kier molecular flexibility index (Phi) is 7.14. The molecule has 154 valence electrons. The van der Waals surface area contributed by atoms with Gasteiger partial charge in [-0.15, -0.1) is 0 Å². The zero-order valence-electron chi connectivity index (χ0n) is 17.3. The number of rotatable bonds is 7. The fraction of sp³-hybridized carbons (Fsp3) is 0.348. The third-order valence-electron chi connectivity index (χ3n) is 5.03. The molecule has 1 heterocycles. The van der Waals surface area contributed by atoms with Crippen molar-refractivity contribution in [3.63, 3.8) is 0 Å². The van der Waals surface area contributed by atoms with Crippen LogP contribution in [-0.2, 0) is 20.9 Å². The van der Waals surface area contributed by atoms with Gasteiger partial charge in [-0.25, -0.2) is 4.79 Å². The molecule has 2 aromatic rings. The number of carbonyl (C=O) groups is 1. The minimum Gasteiger partial charge on any atom is -0.503 e. The Hall–Kier alpha value is -2.99. The summed E-state index contributed by atoms with van der Waals surface area (Å²) in [5.74, 6) is 0.350. The minimum atomic E-state index is -0.448. The maximum Gasteiger partial charge on any atom is 0.341 e. The molecule has 0 spiro atoms. The maximum atomic E-state index is 12.2. The lowest BCUT2D eigenvalue weighted by Gasteiger charge is -2.34. The van der Waals surface area contributed by atoms with Crippen LogP contribution in [0.25, 0.3) is 5.57 Å². The summed E-state index contributed by atoms with van der Waals surface area (Å²) in [6, 6.07) is 15.7. The van der Waals surface area contributed by atoms with Gasteiger partial charge in [-0.05, 0) is 30.3 Å². The number of methoxy groups -OCH3 is 2. The van der Waals surface area contributed by atoms with Crippen LogP contribution in [-0.4, -0.2) is 58.3 Å². The van der Waals surface area contributed by atoms with Crippen molar-refractivity contribution in [1.82, 2.24) is 4.90 Å². The molecule has 2 aromatic carbocycles. The number of esters is 1. The van der Waals surface area contributed by atoms with Crippen LogP contribution < -0.4 is 9.64 Å². The van der Waals surface area contributed by atoms with Gasteiger partial charge in [-0.1, -0.05) is 30.3 Å². The number of piperazine rings is 1. The number of hydrogen-bond donors (Lipinski definition) is 0. The third kappa shape index (κ3) is 5.29. The average molecular weight is 396 g/mol. The Morgan fingerprint density at radius 1 is 1.03 bits per heavy atom. The molecule has 0 radical (unpaired) electrons. The van der Waals surface area contributed by atoms with Crippen LogP contribution in [0, 0.1) is 0 Å². The molecule has 1 aliphatic rings. The fourth-order valence-electron chi connectivity index (χ4n) is 3.35. The van der Waals surface area contributed by atoms with Gasteiger partial charge in [-0.2, -0.15) is 0 Å². The predicted molar refractivity (Wildman–Crippen MR) is 114 cm³/mol. The van der Waals surface area contributed by atoms with Crippen LogP contribution in [0.15, 0.2) is 54.8 Å². The van der Waals surface area contributed by atoms with Gasteiger partial charge >= 0.3 is 5.97 Å². The number of ether oxygens (including phenoxy) is 3. The van der Waals surface area contributed by atoms with E-state index in [-0.39, 0.29) is 0 Å². The van der Waals surface area contributed by atoms with E-state index in [2.05, 4.69) is 29.0 Å². The number of anilines is 1. The molecule has 1 saturated heterocycles. The van der Waals surface area contributed by atoms with Gasteiger partial charge in [0.2, 0.25) is 0 Å². The molecular formula is C23H28N2O4. The highest BCUT2D eigenvalue weighted by molar-refractivity contribution is 6.16. The van der Waals surface area contributed by atoms with E-state index >= 15 is 0 Å². The average Bonchev–Trinajstić information content (AvgIpc) is 2.76. The Morgan fingerprint density at radius 3 is 2.52 bits per heavy atom.